The fraction of sp³-hybridized carbons (Fsp3) is 0.421. The number of hydrogen-bond acceptors (Lipinski definition) is 3. The van der Waals surface area contributed by atoms with Crippen molar-refractivity contribution in [1.29, 1.82) is 0 Å². The number of pyridine rings is 1. The van der Waals surface area contributed by atoms with Gasteiger partial charge in [0, 0.05) is 17.9 Å². The third kappa shape index (κ3) is 8.26. The molecule has 0 bridgehead atoms. The number of nitrogens with zero attached hydrogens (tertiary/aromatic N) is 1. The van der Waals surface area contributed by atoms with Crippen LogP contribution in [-0.4, -0.2) is 28.2 Å². The maximum atomic E-state index is 9.85. The Bertz CT molecular complexity index is 688. The molecule has 2 rings (SSSR count). The number of aromatic nitrogens is 1. The SMILES string of the molecule is CCCCCC[n+]1ccc2ccccc2c1.NC(CC(=O)O)C(=O)O. The first-order chi connectivity index (χ1) is 11.9. The van der Waals surface area contributed by atoms with Gasteiger partial charge in [-0.15, -0.1) is 0 Å². The highest BCUT2D eigenvalue weighted by Crippen LogP contribution is 2.09. The largest absolute Gasteiger partial charge is 0.481 e. The lowest BCUT2D eigenvalue weighted by Crippen LogP contribution is -2.32. The molecule has 1 aromatic carbocycles. The minimum absolute atomic E-state index is 0.532. The fourth-order valence-corrected chi connectivity index (χ4v) is 2.31. The molecule has 1 heterocycles. The molecular weight excluding hydrogens is 320 g/mol. The van der Waals surface area contributed by atoms with Crippen LogP contribution in [0.5, 0.6) is 0 Å². The van der Waals surface area contributed by atoms with Gasteiger partial charge in [0.05, 0.1) is 6.42 Å². The molecule has 1 aromatic heterocycles. The summed E-state index contributed by atoms with van der Waals surface area (Å²) in [5.74, 6) is -2.50. The molecule has 0 amide bonds. The summed E-state index contributed by atoms with van der Waals surface area (Å²) in [5, 5.41) is 18.7. The van der Waals surface area contributed by atoms with E-state index in [9.17, 15) is 9.59 Å². The van der Waals surface area contributed by atoms with Gasteiger partial charge in [0.1, 0.15) is 12.6 Å². The smallest absolute Gasteiger partial charge is 0.321 e. The molecule has 0 aliphatic carbocycles. The van der Waals surface area contributed by atoms with Crippen molar-refractivity contribution in [3.8, 4) is 0 Å². The molecule has 0 aliphatic heterocycles. The molecule has 1 atom stereocenters. The summed E-state index contributed by atoms with van der Waals surface area (Å²) < 4.78 is 2.30. The minimum Gasteiger partial charge on any atom is -0.481 e. The zero-order valence-corrected chi connectivity index (χ0v) is 14.6. The van der Waals surface area contributed by atoms with E-state index in [1.165, 1.54) is 36.5 Å². The van der Waals surface area contributed by atoms with Crippen molar-refractivity contribution < 1.29 is 24.4 Å². The van der Waals surface area contributed by atoms with Gasteiger partial charge < -0.3 is 15.9 Å². The molecule has 136 valence electrons. The van der Waals surface area contributed by atoms with Gasteiger partial charge in [-0.25, -0.2) is 4.57 Å². The highest BCUT2D eigenvalue weighted by molar-refractivity contribution is 5.80. The Hall–Kier alpha value is -2.47. The number of benzene rings is 1. The van der Waals surface area contributed by atoms with E-state index in [-0.39, 0.29) is 0 Å². The van der Waals surface area contributed by atoms with E-state index in [0.717, 1.165) is 6.54 Å². The Kier molecular flexibility index (Phi) is 9.17. The van der Waals surface area contributed by atoms with Crippen molar-refractivity contribution in [2.45, 2.75) is 51.6 Å². The maximum absolute atomic E-state index is 9.85. The zero-order chi connectivity index (χ0) is 18.7. The van der Waals surface area contributed by atoms with Crippen LogP contribution in [0.2, 0.25) is 0 Å². The van der Waals surface area contributed by atoms with Crippen LogP contribution in [0, 0.1) is 0 Å². The van der Waals surface area contributed by atoms with Gasteiger partial charge in [-0.1, -0.05) is 38.0 Å². The van der Waals surface area contributed by atoms with Gasteiger partial charge >= 0.3 is 11.9 Å². The van der Waals surface area contributed by atoms with E-state index in [4.69, 9.17) is 15.9 Å². The van der Waals surface area contributed by atoms with Gasteiger partial charge in [0.15, 0.2) is 12.4 Å². The van der Waals surface area contributed by atoms with Crippen molar-refractivity contribution in [1.82, 2.24) is 0 Å². The van der Waals surface area contributed by atoms with Crippen molar-refractivity contribution in [3.63, 3.8) is 0 Å². The van der Waals surface area contributed by atoms with Crippen molar-refractivity contribution in [2.24, 2.45) is 5.73 Å². The Balaban J connectivity index is 0.000000299. The molecular formula is C19H27N2O4+. The minimum atomic E-state index is -1.29. The average Bonchev–Trinajstić information content (AvgIpc) is 2.58. The van der Waals surface area contributed by atoms with Crippen LogP contribution >= 0.6 is 0 Å². The second kappa shape index (κ2) is 11.1. The van der Waals surface area contributed by atoms with E-state index in [1.807, 2.05) is 0 Å². The number of carboxylic acid groups (broad SMARTS) is 2. The van der Waals surface area contributed by atoms with Crippen LogP contribution in [0.4, 0.5) is 0 Å². The second-order valence-electron chi connectivity index (χ2n) is 5.91. The van der Waals surface area contributed by atoms with E-state index >= 15 is 0 Å². The normalized spacial score (nSPS) is 11.4. The number of unbranched alkanes of at least 4 members (excludes halogenated alkanes) is 3. The monoisotopic (exact) mass is 347 g/mol. The molecule has 0 saturated heterocycles. The van der Waals surface area contributed by atoms with E-state index in [0.29, 0.717) is 0 Å². The van der Waals surface area contributed by atoms with Crippen LogP contribution < -0.4 is 10.3 Å². The number of carboxylic acids is 2. The van der Waals surface area contributed by atoms with E-state index in [2.05, 4.69) is 54.2 Å². The summed E-state index contributed by atoms with van der Waals surface area (Å²) >= 11 is 0. The number of aryl methyl sites for hydroxylation is 1. The summed E-state index contributed by atoms with van der Waals surface area (Å²) in [6, 6.07) is 9.45. The Morgan fingerprint density at radius 1 is 1.08 bits per heavy atom. The van der Waals surface area contributed by atoms with Gasteiger partial charge in [-0.2, -0.15) is 0 Å². The Labute approximate surface area is 147 Å². The first kappa shape index (κ1) is 20.6. The molecule has 6 nitrogen and oxygen atoms in total. The lowest BCUT2D eigenvalue weighted by atomic mass is 10.1. The molecule has 4 N–H and O–H groups in total. The number of rotatable bonds is 8. The summed E-state index contributed by atoms with van der Waals surface area (Å²) in [5.41, 5.74) is 4.84. The summed E-state index contributed by atoms with van der Waals surface area (Å²) in [4.78, 5) is 19.6. The molecule has 0 radical (unpaired) electrons. The standard InChI is InChI=1S/C15H20N.C4H7NO4/c1-2-3-4-7-11-16-12-10-14-8-5-6-9-15(14)13-16;5-2(4(8)9)1-3(6)7/h5-6,8-10,12-13H,2-4,7,11H2,1H3;2H,1,5H2,(H,6,7)(H,8,9)/q+1;. The maximum Gasteiger partial charge on any atom is 0.321 e. The average molecular weight is 347 g/mol. The van der Waals surface area contributed by atoms with E-state index < -0.39 is 24.4 Å². The second-order valence-corrected chi connectivity index (χ2v) is 5.91. The van der Waals surface area contributed by atoms with Gasteiger partial charge in [-0.05, 0) is 17.9 Å². The summed E-state index contributed by atoms with van der Waals surface area (Å²) in [6.07, 6.45) is 9.20. The molecule has 0 aliphatic rings. The predicted octanol–water partition coefficient (Wildman–Crippen LogP) is 2.58. The number of aliphatic carboxylic acids is 2. The highest BCUT2D eigenvalue weighted by atomic mass is 16.4. The molecule has 0 fully saturated rings. The topological polar surface area (TPSA) is 105 Å². The molecule has 0 saturated carbocycles. The third-order valence-electron chi connectivity index (χ3n) is 3.73. The number of fused-ring (bicyclic) bond motifs is 1. The van der Waals surface area contributed by atoms with Crippen LogP contribution in [0.15, 0.2) is 42.7 Å². The van der Waals surface area contributed by atoms with Crippen LogP contribution in [0.3, 0.4) is 0 Å². The third-order valence-corrected chi connectivity index (χ3v) is 3.73. The quantitative estimate of drug-likeness (QED) is 0.503. The number of carbonyl (C=O) groups is 2. The van der Waals surface area contributed by atoms with Crippen molar-refractivity contribution >= 4 is 22.7 Å². The highest BCUT2D eigenvalue weighted by Gasteiger charge is 2.14. The molecule has 0 spiro atoms. The van der Waals surface area contributed by atoms with Gasteiger partial charge in [-0.3, -0.25) is 9.59 Å². The first-order valence-corrected chi connectivity index (χ1v) is 8.52. The first-order valence-electron chi connectivity index (χ1n) is 8.52. The van der Waals surface area contributed by atoms with Gasteiger partial charge in [0.25, 0.3) is 0 Å². The summed E-state index contributed by atoms with van der Waals surface area (Å²) in [6.45, 7) is 3.40. The fourth-order valence-electron chi connectivity index (χ4n) is 2.31. The molecule has 25 heavy (non-hydrogen) atoms. The van der Waals surface area contributed by atoms with Crippen LogP contribution in [-0.2, 0) is 16.1 Å². The Morgan fingerprint density at radius 3 is 2.32 bits per heavy atom. The van der Waals surface area contributed by atoms with Crippen LogP contribution in [0.1, 0.15) is 39.0 Å². The van der Waals surface area contributed by atoms with Crippen LogP contribution in [0.25, 0.3) is 10.8 Å². The predicted molar refractivity (Wildman–Crippen MR) is 96.1 cm³/mol. The lowest BCUT2D eigenvalue weighted by Gasteiger charge is -1.99. The molecule has 1 unspecified atom stereocenters. The zero-order valence-electron chi connectivity index (χ0n) is 14.6. The molecule has 2 aromatic rings. The van der Waals surface area contributed by atoms with Crippen molar-refractivity contribution in [2.75, 3.05) is 0 Å². The van der Waals surface area contributed by atoms with Crippen molar-refractivity contribution in [3.05, 3.63) is 42.7 Å². The summed E-state index contributed by atoms with van der Waals surface area (Å²) in [7, 11) is 0. The molecule has 6 heteroatoms. The number of hydrogen-bond donors (Lipinski definition) is 3. The Morgan fingerprint density at radius 2 is 1.76 bits per heavy atom. The van der Waals surface area contributed by atoms with Gasteiger partial charge in [0.2, 0.25) is 0 Å². The van der Waals surface area contributed by atoms with E-state index in [1.54, 1.807) is 0 Å². The number of nitrogens with two attached hydrogens (primary N) is 1. The lowest BCUT2D eigenvalue weighted by molar-refractivity contribution is -0.696.